The van der Waals surface area contributed by atoms with Crippen molar-refractivity contribution in [3.63, 3.8) is 0 Å². The molecule has 2 aromatic rings. The molecule has 2 aliphatic rings. The molecule has 1 unspecified atom stereocenters. The zero-order valence-corrected chi connectivity index (χ0v) is 16.1. The highest BCUT2D eigenvalue weighted by Crippen LogP contribution is 2.58. The van der Waals surface area contributed by atoms with E-state index < -0.39 is 0 Å². The first-order valence-electron chi connectivity index (χ1n) is 8.35. The summed E-state index contributed by atoms with van der Waals surface area (Å²) >= 11 is 7.57. The fourth-order valence-electron chi connectivity index (χ4n) is 3.68. The van der Waals surface area contributed by atoms with Gasteiger partial charge in [0.05, 0.1) is 0 Å². The molecule has 1 amide bonds. The van der Waals surface area contributed by atoms with Crippen LogP contribution in [-0.4, -0.2) is 24.0 Å². The van der Waals surface area contributed by atoms with E-state index in [1.54, 1.807) is 11.3 Å². The summed E-state index contributed by atoms with van der Waals surface area (Å²) in [5.74, 6) is 0.306. The van der Waals surface area contributed by atoms with Gasteiger partial charge in [0, 0.05) is 28.4 Å². The quantitative estimate of drug-likeness (QED) is 0.814. The number of amides is 1. The first-order chi connectivity index (χ1) is 11.6. The standard InChI is InChI=1S/C18H20ClN3OS.ClH/c19-13-3-1-2-12(8-13)9-14-11-21-17(24-14)22-16(23)15-10-18(15)4-6-20-7-5-18;/h1-3,8,11,15,20H,4-7,9-10H2,(H,21,22,23);1H. The molecule has 0 bridgehead atoms. The molecule has 25 heavy (non-hydrogen) atoms. The van der Waals surface area contributed by atoms with Gasteiger partial charge >= 0.3 is 0 Å². The molecular weight excluding hydrogens is 377 g/mol. The van der Waals surface area contributed by atoms with Gasteiger partial charge in [0.25, 0.3) is 0 Å². The van der Waals surface area contributed by atoms with E-state index in [4.69, 9.17) is 11.6 Å². The Balaban J connectivity index is 0.00000182. The maximum absolute atomic E-state index is 12.5. The number of nitrogens with zero attached hydrogens (tertiary/aromatic N) is 1. The van der Waals surface area contributed by atoms with Gasteiger partial charge in [0.2, 0.25) is 5.91 Å². The lowest BCUT2D eigenvalue weighted by Crippen LogP contribution is -2.31. The minimum Gasteiger partial charge on any atom is -0.317 e. The number of nitrogens with one attached hydrogen (secondary N) is 2. The maximum Gasteiger partial charge on any atom is 0.229 e. The summed E-state index contributed by atoms with van der Waals surface area (Å²) in [5.41, 5.74) is 1.41. The third kappa shape index (κ3) is 4.17. The van der Waals surface area contributed by atoms with Gasteiger partial charge in [-0.3, -0.25) is 4.79 Å². The Labute approximate surface area is 162 Å². The summed E-state index contributed by atoms with van der Waals surface area (Å²) in [6.45, 7) is 2.07. The Hall–Kier alpha value is -1.14. The molecule has 1 aliphatic carbocycles. The number of thiazole rings is 1. The van der Waals surface area contributed by atoms with Gasteiger partial charge in [0.1, 0.15) is 0 Å². The number of hydrogen-bond donors (Lipinski definition) is 2. The number of anilines is 1. The van der Waals surface area contributed by atoms with Crippen molar-refractivity contribution in [1.82, 2.24) is 10.3 Å². The Morgan fingerprint density at radius 1 is 1.40 bits per heavy atom. The lowest BCUT2D eigenvalue weighted by atomic mass is 9.92. The highest BCUT2D eigenvalue weighted by atomic mass is 35.5. The summed E-state index contributed by atoms with van der Waals surface area (Å²) in [6, 6.07) is 7.84. The molecule has 4 nitrogen and oxygen atoms in total. The van der Waals surface area contributed by atoms with Crippen LogP contribution in [0, 0.1) is 11.3 Å². The number of aromatic nitrogens is 1. The monoisotopic (exact) mass is 397 g/mol. The van der Waals surface area contributed by atoms with Crippen molar-refractivity contribution in [2.24, 2.45) is 11.3 Å². The average molecular weight is 398 g/mol. The molecule has 2 fully saturated rings. The van der Waals surface area contributed by atoms with E-state index >= 15 is 0 Å². The van der Waals surface area contributed by atoms with Crippen molar-refractivity contribution in [3.05, 3.63) is 45.9 Å². The van der Waals surface area contributed by atoms with Gasteiger partial charge in [-0.2, -0.15) is 0 Å². The van der Waals surface area contributed by atoms with Crippen LogP contribution < -0.4 is 10.6 Å². The minimum absolute atomic E-state index is 0. The van der Waals surface area contributed by atoms with Gasteiger partial charge in [-0.1, -0.05) is 23.7 Å². The predicted octanol–water partition coefficient (Wildman–Crippen LogP) is 4.14. The van der Waals surface area contributed by atoms with Crippen molar-refractivity contribution >= 4 is 46.4 Å². The van der Waals surface area contributed by atoms with Crippen LogP contribution in [0.25, 0.3) is 0 Å². The summed E-state index contributed by atoms with van der Waals surface area (Å²) in [4.78, 5) is 18.0. The normalized spacial score (nSPS) is 20.8. The van der Waals surface area contributed by atoms with E-state index in [0.717, 1.165) is 54.2 Å². The smallest absolute Gasteiger partial charge is 0.229 e. The molecule has 0 radical (unpaired) electrons. The number of halogens is 2. The molecule has 1 aromatic carbocycles. The average Bonchev–Trinajstić information content (AvgIpc) is 3.07. The zero-order chi connectivity index (χ0) is 16.6. The fraction of sp³-hybridized carbons (Fsp3) is 0.444. The third-order valence-corrected chi connectivity index (χ3v) is 6.30. The second-order valence-electron chi connectivity index (χ2n) is 6.80. The van der Waals surface area contributed by atoms with E-state index in [1.807, 2.05) is 24.4 Å². The Morgan fingerprint density at radius 3 is 2.96 bits per heavy atom. The lowest BCUT2D eigenvalue weighted by molar-refractivity contribution is -0.118. The van der Waals surface area contributed by atoms with Crippen LogP contribution >= 0.6 is 35.3 Å². The molecule has 1 saturated carbocycles. The highest BCUT2D eigenvalue weighted by Gasteiger charge is 2.57. The van der Waals surface area contributed by atoms with Crippen molar-refractivity contribution in [2.75, 3.05) is 18.4 Å². The Bertz CT molecular complexity index is 758. The molecule has 1 atom stereocenters. The zero-order valence-electron chi connectivity index (χ0n) is 13.8. The second-order valence-corrected chi connectivity index (χ2v) is 8.35. The summed E-state index contributed by atoms with van der Waals surface area (Å²) in [7, 11) is 0. The first-order valence-corrected chi connectivity index (χ1v) is 9.55. The van der Waals surface area contributed by atoms with Crippen LogP contribution in [-0.2, 0) is 11.2 Å². The molecule has 2 N–H and O–H groups in total. The second kappa shape index (κ2) is 7.62. The van der Waals surface area contributed by atoms with Crippen LogP contribution in [0.2, 0.25) is 5.02 Å². The lowest BCUT2D eigenvalue weighted by Gasteiger charge is -2.22. The van der Waals surface area contributed by atoms with E-state index in [1.165, 1.54) is 0 Å². The number of benzene rings is 1. The van der Waals surface area contributed by atoms with Gasteiger partial charge < -0.3 is 10.6 Å². The minimum atomic E-state index is 0. The molecule has 7 heteroatoms. The van der Waals surface area contributed by atoms with Gasteiger partial charge in [-0.25, -0.2) is 4.98 Å². The fourth-order valence-corrected chi connectivity index (χ4v) is 4.75. The van der Waals surface area contributed by atoms with Gasteiger partial charge in [-0.05, 0) is 55.5 Å². The van der Waals surface area contributed by atoms with Crippen LogP contribution in [0.4, 0.5) is 5.13 Å². The van der Waals surface area contributed by atoms with Crippen LogP contribution in [0.5, 0.6) is 0 Å². The van der Waals surface area contributed by atoms with Crippen LogP contribution in [0.3, 0.4) is 0 Å². The van der Waals surface area contributed by atoms with E-state index in [0.29, 0.717) is 5.13 Å². The topological polar surface area (TPSA) is 54.0 Å². The summed E-state index contributed by atoms with van der Waals surface area (Å²) in [6.07, 6.45) is 5.88. The van der Waals surface area contributed by atoms with Gasteiger partial charge in [-0.15, -0.1) is 23.7 Å². The van der Waals surface area contributed by atoms with Crippen molar-refractivity contribution < 1.29 is 4.79 Å². The number of carbonyl (C=O) groups is 1. The highest BCUT2D eigenvalue weighted by molar-refractivity contribution is 7.15. The number of piperidine rings is 1. The van der Waals surface area contributed by atoms with Crippen molar-refractivity contribution in [1.29, 1.82) is 0 Å². The molecule has 2 heterocycles. The molecule has 1 aromatic heterocycles. The Morgan fingerprint density at radius 2 is 2.20 bits per heavy atom. The molecule has 134 valence electrons. The van der Waals surface area contributed by atoms with Crippen molar-refractivity contribution in [2.45, 2.75) is 25.7 Å². The summed E-state index contributed by atoms with van der Waals surface area (Å²) < 4.78 is 0. The van der Waals surface area contributed by atoms with E-state index in [-0.39, 0.29) is 29.6 Å². The SMILES string of the molecule is Cl.O=C(Nc1ncc(Cc2cccc(Cl)c2)s1)C1CC12CCNCC2. The number of carbonyl (C=O) groups excluding carboxylic acids is 1. The van der Waals surface area contributed by atoms with Crippen LogP contribution in [0.1, 0.15) is 29.7 Å². The summed E-state index contributed by atoms with van der Waals surface area (Å²) in [5, 5.41) is 7.83. The molecule has 1 spiro atoms. The van der Waals surface area contributed by atoms with Crippen LogP contribution in [0.15, 0.2) is 30.5 Å². The maximum atomic E-state index is 12.5. The van der Waals surface area contributed by atoms with Crippen molar-refractivity contribution in [3.8, 4) is 0 Å². The molecular formula is C18H21Cl2N3OS. The number of rotatable bonds is 4. The first kappa shape index (κ1) is 18.6. The molecule has 4 rings (SSSR count). The third-order valence-electron chi connectivity index (χ3n) is 5.16. The predicted molar refractivity (Wildman–Crippen MR) is 105 cm³/mol. The largest absolute Gasteiger partial charge is 0.317 e. The van der Waals surface area contributed by atoms with E-state index in [2.05, 4.69) is 21.7 Å². The molecule has 1 aliphatic heterocycles. The molecule has 1 saturated heterocycles. The Kier molecular flexibility index (Phi) is 5.68. The number of hydrogen-bond acceptors (Lipinski definition) is 4. The van der Waals surface area contributed by atoms with Gasteiger partial charge in [0.15, 0.2) is 5.13 Å². The van der Waals surface area contributed by atoms with E-state index in [9.17, 15) is 4.79 Å².